The van der Waals surface area contributed by atoms with Gasteiger partial charge in [-0.1, -0.05) is 13.8 Å². The molecule has 1 aliphatic rings. The Balaban J connectivity index is 2.20. The van der Waals surface area contributed by atoms with Crippen molar-refractivity contribution in [1.82, 2.24) is 5.32 Å². The minimum Gasteiger partial charge on any atom is -0.380 e. The Morgan fingerprint density at radius 3 is 2.40 bits per heavy atom. The Kier molecular flexibility index (Phi) is 2.69. The lowest BCUT2D eigenvalue weighted by Crippen LogP contribution is -2.49. The zero-order valence-corrected chi connectivity index (χ0v) is 6.94. The monoisotopic (exact) mass is 143 g/mol. The van der Waals surface area contributed by atoms with Crippen molar-refractivity contribution in [3.8, 4) is 0 Å². The van der Waals surface area contributed by atoms with E-state index in [0.717, 1.165) is 26.3 Å². The van der Waals surface area contributed by atoms with Crippen LogP contribution in [-0.2, 0) is 4.74 Å². The van der Waals surface area contributed by atoms with Gasteiger partial charge in [-0.3, -0.25) is 0 Å². The second-order valence-corrected chi connectivity index (χ2v) is 3.13. The summed E-state index contributed by atoms with van der Waals surface area (Å²) >= 11 is 0. The SMILES string of the molecule is CCNCC1(CC)COC1. The maximum absolute atomic E-state index is 5.19. The van der Waals surface area contributed by atoms with Gasteiger partial charge in [0.05, 0.1) is 13.2 Å². The van der Waals surface area contributed by atoms with Crippen LogP contribution in [0.15, 0.2) is 0 Å². The van der Waals surface area contributed by atoms with Crippen LogP contribution in [0.1, 0.15) is 20.3 Å². The second-order valence-electron chi connectivity index (χ2n) is 3.13. The van der Waals surface area contributed by atoms with Gasteiger partial charge in [-0.2, -0.15) is 0 Å². The summed E-state index contributed by atoms with van der Waals surface area (Å²) in [6.07, 6.45) is 1.24. The molecule has 10 heavy (non-hydrogen) atoms. The molecule has 0 saturated carbocycles. The molecule has 0 aromatic rings. The number of hydrogen-bond acceptors (Lipinski definition) is 2. The van der Waals surface area contributed by atoms with Gasteiger partial charge in [0, 0.05) is 12.0 Å². The predicted molar refractivity (Wildman–Crippen MR) is 42.1 cm³/mol. The van der Waals surface area contributed by atoms with Crippen LogP contribution < -0.4 is 5.32 Å². The Morgan fingerprint density at radius 2 is 2.10 bits per heavy atom. The first kappa shape index (κ1) is 8.02. The molecule has 2 heteroatoms. The van der Waals surface area contributed by atoms with Gasteiger partial charge in [-0.25, -0.2) is 0 Å². The smallest absolute Gasteiger partial charge is 0.0556 e. The molecule has 1 fully saturated rings. The quantitative estimate of drug-likeness (QED) is 0.634. The van der Waals surface area contributed by atoms with Gasteiger partial charge in [0.1, 0.15) is 0 Å². The maximum Gasteiger partial charge on any atom is 0.0556 e. The van der Waals surface area contributed by atoms with Crippen molar-refractivity contribution in [3.63, 3.8) is 0 Å². The van der Waals surface area contributed by atoms with Gasteiger partial charge in [-0.15, -0.1) is 0 Å². The van der Waals surface area contributed by atoms with Gasteiger partial charge >= 0.3 is 0 Å². The first-order valence-electron chi connectivity index (χ1n) is 4.11. The fourth-order valence-corrected chi connectivity index (χ4v) is 1.21. The highest BCUT2D eigenvalue weighted by Gasteiger charge is 2.35. The van der Waals surface area contributed by atoms with Crippen LogP contribution in [0.5, 0.6) is 0 Å². The summed E-state index contributed by atoms with van der Waals surface area (Å²) in [5.74, 6) is 0. The summed E-state index contributed by atoms with van der Waals surface area (Å²) in [6.45, 7) is 8.48. The standard InChI is InChI=1S/C8H17NO/c1-3-8(5-9-4-2)6-10-7-8/h9H,3-7H2,1-2H3. The van der Waals surface area contributed by atoms with E-state index in [4.69, 9.17) is 4.74 Å². The fourth-order valence-electron chi connectivity index (χ4n) is 1.21. The zero-order chi connectivity index (χ0) is 7.45. The summed E-state index contributed by atoms with van der Waals surface area (Å²) in [6, 6.07) is 0. The molecule has 0 atom stereocenters. The summed E-state index contributed by atoms with van der Waals surface area (Å²) in [7, 11) is 0. The van der Waals surface area contributed by atoms with Crippen molar-refractivity contribution in [2.75, 3.05) is 26.3 Å². The van der Waals surface area contributed by atoms with Crippen molar-refractivity contribution in [1.29, 1.82) is 0 Å². The van der Waals surface area contributed by atoms with E-state index in [-0.39, 0.29) is 0 Å². The lowest BCUT2D eigenvalue weighted by Gasteiger charge is -2.40. The normalized spacial score (nSPS) is 22.2. The summed E-state index contributed by atoms with van der Waals surface area (Å²) < 4.78 is 5.19. The number of rotatable bonds is 4. The Hall–Kier alpha value is -0.0800. The number of hydrogen-bond donors (Lipinski definition) is 1. The molecule has 1 saturated heterocycles. The summed E-state index contributed by atoms with van der Waals surface area (Å²) in [4.78, 5) is 0. The van der Waals surface area contributed by atoms with E-state index < -0.39 is 0 Å². The van der Waals surface area contributed by atoms with Gasteiger partial charge in [0.25, 0.3) is 0 Å². The van der Waals surface area contributed by atoms with E-state index in [1.165, 1.54) is 6.42 Å². The third-order valence-electron chi connectivity index (χ3n) is 2.32. The third kappa shape index (κ3) is 1.50. The Morgan fingerprint density at radius 1 is 1.40 bits per heavy atom. The molecule has 0 spiro atoms. The lowest BCUT2D eigenvalue weighted by atomic mass is 9.83. The van der Waals surface area contributed by atoms with Gasteiger partial charge in [0.15, 0.2) is 0 Å². The first-order valence-corrected chi connectivity index (χ1v) is 4.11. The molecular weight excluding hydrogens is 126 g/mol. The first-order chi connectivity index (χ1) is 4.83. The molecule has 1 aliphatic heterocycles. The average Bonchev–Trinajstić information content (AvgIpc) is 1.87. The number of nitrogens with one attached hydrogen (secondary N) is 1. The van der Waals surface area contributed by atoms with Gasteiger partial charge in [-0.05, 0) is 13.0 Å². The highest BCUT2D eigenvalue weighted by atomic mass is 16.5. The van der Waals surface area contributed by atoms with E-state index >= 15 is 0 Å². The molecule has 0 aromatic heterocycles. The average molecular weight is 143 g/mol. The minimum absolute atomic E-state index is 0.482. The molecule has 0 unspecified atom stereocenters. The molecule has 0 amide bonds. The van der Waals surface area contributed by atoms with Crippen molar-refractivity contribution in [2.24, 2.45) is 5.41 Å². The Bertz CT molecular complexity index is 93.9. The summed E-state index contributed by atoms with van der Waals surface area (Å²) in [5, 5.41) is 3.36. The van der Waals surface area contributed by atoms with Crippen LogP contribution in [0.3, 0.4) is 0 Å². The molecule has 0 aromatic carbocycles. The van der Waals surface area contributed by atoms with Gasteiger partial charge in [0.2, 0.25) is 0 Å². The van der Waals surface area contributed by atoms with E-state index in [1.54, 1.807) is 0 Å². The highest BCUT2D eigenvalue weighted by molar-refractivity contribution is 4.85. The fraction of sp³-hybridized carbons (Fsp3) is 1.00. The van der Waals surface area contributed by atoms with Crippen LogP contribution in [0.4, 0.5) is 0 Å². The maximum atomic E-state index is 5.19. The predicted octanol–water partition coefficient (Wildman–Crippen LogP) is 1.02. The van der Waals surface area contributed by atoms with Crippen LogP contribution in [0.25, 0.3) is 0 Å². The molecule has 1 heterocycles. The molecule has 0 radical (unpaired) electrons. The molecule has 0 aliphatic carbocycles. The van der Waals surface area contributed by atoms with E-state index in [1.807, 2.05) is 0 Å². The lowest BCUT2D eigenvalue weighted by molar-refractivity contribution is -0.112. The second kappa shape index (κ2) is 3.35. The minimum atomic E-state index is 0.482. The zero-order valence-electron chi connectivity index (χ0n) is 6.94. The van der Waals surface area contributed by atoms with Crippen LogP contribution in [0.2, 0.25) is 0 Å². The molecule has 1 rings (SSSR count). The van der Waals surface area contributed by atoms with Gasteiger partial charge < -0.3 is 10.1 Å². The molecular formula is C8H17NO. The van der Waals surface area contributed by atoms with Crippen molar-refractivity contribution in [3.05, 3.63) is 0 Å². The van der Waals surface area contributed by atoms with Crippen molar-refractivity contribution < 1.29 is 4.74 Å². The van der Waals surface area contributed by atoms with Crippen LogP contribution >= 0.6 is 0 Å². The topological polar surface area (TPSA) is 21.3 Å². The largest absolute Gasteiger partial charge is 0.380 e. The third-order valence-corrected chi connectivity index (χ3v) is 2.32. The molecule has 2 nitrogen and oxygen atoms in total. The van der Waals surface area contributed by atoms with E-state index in [9.17, 15) is 0 Å². The van der Waals surface area contributed by atoms with E-state index in [0.29, 0.717) is 5.41 Å². The summed E-state index contributed by atoms with van der Waals surface area (Å²) in [5.41, 5.74) is 0.482. The molecule has 0 bridgehead atoms. The van der Waals surface area contributed by atoms with Crippen molar-refractivity contribution >= 4 is 0 Å². The molecule has 60 valence electrons. The van der Waals surface area contributed by atoms with Crippen molar-refractivity contribution in [2.45, 2.75) is 20.3 Å². The van der Waals surface area contributed by atoms with E-state index in [2.05, 4.69) is 19.2 Å². The molecule has 1 N–H and O–H groups in total. The number of ether oxygens (including phenoxy) is 1. The Labute approximate surface area is 63.0 Å². The van der Waals surface area contributed by atoms with Crippen LogP contribution in [0, 0.1) is 5.41 Å². The van der Waals surface area contributed by atoms with Crippen LogP contribution in [-0.4, -0.2) is 26.3 Å². The highest BCUT2D eigenvalue weighted by Crippen LogP contribution is 2.29.